The molecule has 0 spiro atoms. The molecule has 0 bridgehead atoms. The fourth-order valence-corrected chi connectivity index (χ4v) is 4.68. The highest BCUT2D eigenvalue weighted by atomic mass is 32.2. The van der Waals surface area contributed by atoms with Crippen molar-refractivity contribution in [1.29, 1.82) is 0 Å². The van der Waals surface area contributed by atoms with Crippen LogP contribution in [0.25, 0.3) is 10.8 Å². The number of ether oxygens (including phenoxy) is 1. The monoisotopic (exact) mass is 563 g/mol. The first-order valence-corrected chi connectivity index (χ1v) is 14.4. The molecule has 3 rings (SSSR count). The number of nitrogens with zero attached hydrogens (tertiary/aromatic N) is 1. The van der Waals surface area contributed by atoms with Crippen LogP contribution in [0.15, 0.2) is 79.4 Å². The third-order valence-corrected chi connectivity index (χ3v) is 6.64. The van der Waals surface area contributed by atoms with Crippen LogP contribution < -0.4 is 10.6 Å². The van der Waals surface area contributed by atoms with Crippen LogP contribution in [0.3, 0.4) is 0 Å². The SMILES string of the molecule is C=CCN(C(=O)C(CCSC)NC(=O)OC(C)(C)C)C(C(=O)Nc1ccc2ccccc2c1)c1ccc(O)cc1. The Hall–Kier alpha value is -3.98. The number of nitrogens with one attached hydrogen (secondary N) is 2. The molecule has 3 amide bonds. The van der Waals surface area contributed by atoms with E-state index in [1.54, 1.807) is 39.0 Å². The summed E-state index contributed by atoms with van der Waals surface area (Å²) >= 11 is 1.54. The van der Waals surface area contributed by atoms with Gasteiger partial charge in [0.15, 0.2) is 0 Å². The lowest BCUT2D eigenvalue weighted by Crippen LogP contribution is -2.52. The summed E-state index contributed by atoms with van der Waals surface area (Å²) in [6.07, 6.45) is 3.06. The van der Waals surface area contributed by atoms with Crippen molar-refractivity contribution in [2.45, 2.75) is 44.9 Å². The zero-order valence-corrected chi connectivity index (χ0v) is 24.2. The van der Waals surface area contributed by atoms with Crippen molar-refractivity contribution in [2.75, 3.05) is 23.9 Å². The van der Waals surface area contributed by atoms with Crippen molar-refractivity contribution in [3.05, 3.63) is 84.9 Å². The Morgan fingerprint density at radius 1 is 1.05 bits per heavy atom. The number of carbonyl (C=O) groups is 3. The van der Waals surface area contributed by atoms with Crippen LogP contribution in [0.2, 0.25) is 0 Å². The number of alkyl carbamates (subject to hydrolysis) is 1. The van der Waals surface area contributed by atoms with Gasteiger partial charge in [0, 0.05) is 12.2 Å². The Kier molecular flexibility index (Phi) is 10.6. The van der Waals surface area contributed by atoms with Crippen LogP contribution in [0.4, 0.5) is 10.5 Å². The average molecular weight is 564 g/mol. The number of anilines is 1. The Bertz CT molecular complexity index is 1340. The maximum Gasteiger partial charge on any atom is 0.408 e. The van der Waals surface area contributed by atoms with E-state index < -0.39 is 35.6 Å². The molecular weight excluding hydrogens is 526 g/mol. The van der Waals surface area contributed by atoms with Crippen molar-refractivity contribution in [2.24, 2.45) is 0 Å². The summed E-state index contributed by atoms with van der Waals surface area (Å²) < 4.78 is 5.40. The van der Waals surface area contributed by atoms with Crippen LogP contribution in [-0.2, 0) is 14.3 Å². The number of phenols is 1. The molecule has 3 N–H and O–H groups in total. The zero-order valence-electron chi connectivity index (χ0n) is 23.3. The number of carbonyl (C=O) groups excluding carboxylic acids is 3. The maximum atomic E-state index is 14.0. The largest absolute Gasteiger partial charge is 0.508 e. The van der Waals surface area contributed by atoms with E-state index in [9.17, 15) is 19.5 Å². The Labute approximate surface area is 239 Å². The summed E-state index contributed by atoms with van der Waals surface area (Å²) in [5, 5.41) is 17.5. The predicted molar refractivity (Wildman–Crippen MR) is 161 cm³/mol. The molecule has 0 saturated heterocycles. The van der Waals surface area contributed by atoms with E-state index in [1.807, 2.05) is 42.7 Å². The minimum absolute atomic E-state index is 0.0310. The van der Waals surface area contributed by atoms with Gasteiger partial charge < -0.3 is 25.4 Å². The third-order valence-electron chi connectivity index (χ3n) is 5.99. The molecule has 3 aromatic rings. The average Bonchev–Trinajstić information content (AvgIpc) is 2.90. The highest BCUT2D eigenvalue weighted by molar-refractivity contribution is 7.98. The van der Waals surface area contributed by atoms with Gasteiger partial charge in [-0.15, -0.1) is 6.58 Å². The molecule has 2 unspecified atom stereocenters. The molecule has 0 aliphatic carbocycles. The number of hydrogen-bond acceptors (Lipinski definition) is 6. The van der Waals surface area contributed by atoms with Crippen LogP contribution in [0, 0.1) is 0 Å². The molecule has 0 aromatic heterocycles. The van der Waals surface area contributed by atoms with Crippen LogP contribution >= 0.6 is 11.8 Å². The molecule has 0 fully saturated rings. The highest BCUT2D eigenvalue weighted by Crippen LogP contribution is 2.27. The van der Waals surface area contributed by atoms with E-state index in [4.69, 9.17) is 4.74 Å². The van der Waals surface area contributed by atoms with Gasteiger partial charge in [0.1, 0.15) is 23.4 Å². The molecule has 2 atom stereocenters. The minimum atomic E-state index is -1.07. The molecule has 212 valence electrons. The van der Waals surface area contributed by atoms with Gasteiger partial charge in [-0.25, -0.2) is 4.79 Å². The van der Waals surface area contributed by atoms with E-state index in [-0.39, 0.29) is 12.3 Å². The first-order valence-electron chi connectivity index (χ1n) is 13.0. The summed E-state index contributed by atoms with van der Waals surface area (Å²) in [5.74, 6) is -0.270. The molecule has 40 heavy (non-hydrogen) atoms. The first kappa shape index (κ1) is 30.6. The van der Waals surface area contributed by atoms with Crippen LogP contribution in [-0.4, -0.2) is 58.1 Å². The molecule has 0 radical (unpaired) electrons. The van der Waals surface area contributed by atoms with Gasteiger partial charge >= 0.3 is 6.09 Å². The quantitative estimate of drug-likeness (QED) is 0.251. The summed E-state index contributed by atoms with van der Waals surface area (Å²) in [7, 11) is 0. The van der Waals surface area contributed by atoms with E-state index >= 15 is 0 Å². The number of rotatable bonds is 11. The molecule has 3 aromatic carbocycles. The number of phenolic OH excluding ortho intramolecular Hbond substituents is 1. The number of fused-ring (bicyclic) bond motifs is 1. The lowest BCUT2D eigenvalue weighted by Gasteiger charge is -2.34. The lowest BCUT2D eigenvalue weighted by atomic mass is 10.0. The second kappa shape index (κ2) is 13.9. The molecule has 0 aliphatic rings. The van der Waals surface area contributed by atoms with Gasteiger partial charge in [0.2, 0.25) is 5.91 Å². The van der Waals surface area contributed by atoms with Gasteiger partial charge in [-0.1, -0.05) is 48.5 Å². The van der Waals surface area contributed by atoms with Crippen molar-refractivity contribution in [3.8, 4) is 5.75 Å². The first-order chi connectivity index (χ1) is 19.0. The standard InChI is InChI=1S/C31H37N3O5S/c1-6-18-34(29(37)26(17-19-40-5)33-30(38)39-31(2,3)4)27(22-12-15-25(35)16-13-22)28(36)32-24-14-11-21-9-7-8-10-23(21)20-24/h6-16,20,26-27,35H,1,17-19H2,2-5H3,(H,32,36)(H,33,38). The fraction of sp³-hybridized carbons (Fsp3) is 0.323. The number of benzene rings is 3. The Morgan fingerprint density at radius 3 is 2.35 bits per heavy atom. The van der Waals surface area contributed by atoms with Gasteiger partial charge in [0.05, 0.1) is 0 Å². The number of hydrogen-bond donors (Lipinski definition) is 3. The van der Waals surface area contributed by atoms with Gasteiger partial charge in [-0.05, 0) is 79.8 Å². The smallest absolute Gasteiger partial charge is 0.408 e. The van der Waals surface area contributed by atoms with Crippen molar-refractivity contribution in [3.63, 3.8) is 0 Å². The number of amides is 3. The second-order valence-electron chi connectivity index (χ2n) is 10.3. The number of thioether (sulfide) groups is 1. The van der Waals surface area contributed by atoms with Crippen LogP contribution in [0.5, 0.6) is 5.75 Å². The van der Waals surface area contributed by atoms with Gasteiger partial charge in [-0.2, -0.15) is 11.8 Å². The Morgan fingerprint density at radius 2 is 1.73 bits per heavy atom. The molecule has 0 heterocycles. The highest BCUT2D eigenvalue weighted by Gasteiger charge is 2.35. The zero-order chi connectivity index (χ0) is 29.3. The second-order valence-corrected chi connectivity index (χ2v) is 11.3. The number of aromatic hydroxyl groups is 1. The summed E-state index contributed by atoms with van der Waals surface area (Å²) in [4.78, 5) is 41.9. The maximum absolute atomic E-state index is 14.0. The molecule has 0 saturated carbocycles. The van der Waals surface area contributed by atoms with Crippen molar-refractivity contribution < 1.29 is 24.2 Å². The van der Waals surface area contributed by atoms with Crippen LogP contribution in [0.1, 0.15) is 38.8 Å². The predicted octanol–water partition coefficient (Wildman–Crippen LogP) is 5.89. The topological polar surface area (TPSA) is 108 Å². The van der Waals surface area contributed by atoms with Crippen molar-refractivity contribution >= 4 is 46.1 Å². The van der Waals surface area contributed by atoms with Gasteiger partial charge in [-0.3, -0.25) is 9.59 Å². The summed E-state index contributed by atoms with van der Waals surface area (Å²) in [6, 6.07) is 17.5. The third kappa shape index (κ3) is 8.51. The normalized spacial score (nSPS) is 12.7. The van der Waals surface area contributed by atoms with E-state index in [1.165, 1.54) is 34.9 Å². The van der Waals surface area contributed by atoms with Gasteiger partial charge in [0.25, 0.3) is 5.91 Å². The molecular formula is C31H37N3O5S. The summed E-state index contributed by atoms with van der Waals surface area (Å²) in [6.45, 7) is 9.07. The fourth-order valence-electron chi connectivity index (χ4n) is 4.21. The summed E-state index contributed by atoms with van der Waals surface area (Å²) in [5.41, 5.74) is 0.322. The van der Waals surface area contributed by atoms with Crippen molar-refractivity contribution in [1.82, 2.24) is 10.2 Å². The lowest BCUT2D eigenvalue weighted by molar-refractivity contribution is -0.140. The Balaban J connectivity index is 1.98. The molecule has 9 heteroatoms. The van der Waals surface area contributed by atoms with E-state index in [0.717, 1.165) is 10.8 Å². The van der Waals surface area contributed by atoms with E-state index in [0.29, 0.717) is 23.4 Å². The minimum Gasteiger partial charge on any atom is -0.508 e. The molecule has 0 aliphatic heterocycles. The molecule has 8 nitrogen and oxygen atoms in total. The van der Waals surface area contributed by atoms with E-state index in [2.05, 4.69) is 17.2 Å².